The predicted molar refractivity (Wildman–Crippen MR) is 67.3 cm³/mol. The Bertz CT molecular complexity index is 278. The van der Waals surface area contributed by atoms with E-state index in [2.05, 4.69) is 22.7 Å². The van der Waals surface area contributed by atoms with Gasteiger partial charge in [0.05, 0.1) is 6.61 Å². The van der Waals surface area contributed by atoms with Crippen molar-refractivity contribution in [1.82, 2.24) is 4.31 Å². The van der Waals surface area contributed by atoms with Crippen LogP contribution in [0.5, 0.6) is 0 Å². The van der Waals surface area contributed by atoms with Crippen LogP contribution >= 0.6 is 23.5 Å². The third-order valence-electron chi connectivity index (χ3n) is 2.08. The van der Waals surface area contributed by atoms with E-state index in [9.17, 15) is 0 Å². The van der Waals surface area contributed by atoms with E-state index in [-0.39, 0.29) is 0 Å². The zero-order valence-corrected chi connectivity index (χ0v) is 10.6. The summed E-state index contributed by atoms with van der Waals surface area (Å²) in [6.45, 7) is 2.61. The zero-order valence-electron chi connectivity index (χ0n) is 9.07. The largest absolute Gasteiger partial charge is 0.383 e. The van der Waals surface area contributed by atoms with E-state index in [1.165, 1.54) is 5.56 Å². The van der Waals surface area contributed by atoms with Gasteiger partial charge >= 0.3 is 0 Å². The summed E-state index contributed by atoms with van der Waals surface area (Å²) in [4.78, 5) is 0. The topological polar surface area (TPSA) is 12.5 Å². The van der Waals surface area contributed by atoms with Gasteiger partial charge in [0.1, 0.15) is 0 Å². The molecule has 0 N–H and O–H groups in total. The second kappa shape index (κ2) is 7.12. The van der Waals surface area contributed by atoms with E-state index in [1.807, 2.05) is 12.1 Å². The first-order valence-electron chi connectivity index (χ1n) is 4.78. The first-order valence-corrected chi connectivity index (χ1v) is 6.34. The SMILES string of the molecule is COCCN(Cc1ccc(Cl)cc1)SC. The van der Waals surface area contributed by atoms with Gasteiger partial charge in [-0.3, -0.25) is 0 Å². The van der Waals surface area contributed by atoms with Gasteiger partial charge in [-0.25, -0.2) is 4.31 Å². The summed E-state index contributed by atoms with van der Waals surface area (Å²) in [7, 11) is 1.72. The summed E-state index contributed by atoms with van der Waals surface area (Å²) in [5.74, 6) is 0. The van der Waals surface area contributed by atoms with Gasteiger partial charge < -0.3 is 4.74 Å². The van der Waals surface area contributed by atoms with Crippen LogP contribution in [0.4, 0.5) is 0 Å². The third-order valence-corrected chi connectivity index (χ3v) is 3.16. The smallest absolute Gasteiger partial charge is 0.0599 e. The van der Waals surface area contributed by atoms with E-state index in [4.69, 9.17) is 16.3 Å². The third kappa shape index (κ3) is 4.89. The van der Waals surface area contributed by atoms with Crippen LogP contribution < -0.4 is 0 Å². The van der Waals surface area contributed by atoms with E-state index < -0.39 is 0 Å². The molecule has 0 aromatic heterocycles. The maximum absolute atomic E-state index is 5.83. The van der Waals surface area contributed by atoms with E-state index in [0.29, 0.717) is 0 Å². The molecule has 0 saturated heterocycles. The van der Waals surface area contributed by atoms with Crippen LogP contribution in [0, 0.1) is 0 Å². The number of ether oxygens (including phenoxy) is 1. The molecule has 0 aliphatic heterocycles. The molecule has 84 valence electrons. The molecule has 15 heavy (non-hydrogen) atoms. The maximum atomic E-state index is 5.83. The van der Waals surface area contributed by atoms with Crippen LogP contribution in [0.15, 0.2) is 24.3 Å². The molecule has 0 fully saturated rings. The first-order chi connectivity index (χ1) is 7.26. The second-order valence-electron chi connectivity index (χ2n) is 3.17. The summed E-state index contributed by atoms with van der Waals surface area (Å²) in [6.07, 6.45) is 2.07. The van der Waals surface area contributed by atoms with Crippen molar-refractivity contribution in [3.8, 4) is 0 Å². The maximum Gasteiger partial charge on any atom is 0.0599 e. The number of benzene rings is 1. The molecule has 0 atom stereocenters. The van der Waals surface area contributed by atoms with Gasteiger partial charge in [0, 0.05) is 25.2 Å². The minimum atomic E-state index is 0.758. The number of rotatable bonds is 6. The van der Waals surface area contributed by atoms with Crippen LogP contribution in [0.2, 0.25) is 5.02 Å². The predicted octanol–water partition coefficient (Wildman–Crippen LogP) is 3.07. The van der Waals surface area contributed by atoms with Crippen LogP contribution in [-0.4, -0.2) is 30.8 Å². The fourth-order valence-corrected chi connectivity index (χ4v) is 1.88. The number of nitrogens with zero attached hydrogens (tertiary/aromatic N) is 1. The Kier molecular flexibility index (Phi) is 6.10. The van der Waals surface area contributed by atoms with Crippen molar-refractivity contribution in [1.29, 1.82) is 0 Å². The van der Waals surface area contributed by atoms with Gasteiger partial charge in [-0.05, 0) is 24.0 Å². The zero-order chi connectivity index (χ0) is 11.1. The lowest BCUT2D eigenvalue weighted by Gasteiger charge is -2.18. The molecule has 2 nitrogen and oxygen atoms in total. The van der Waals surface area contributed by atoms with Crippen molar-refractivity contribution in [2.75, 3.05) is 26.5 Å². The van der Waals surface area contributed by atoms with Gasteiger partial charge in [0.2, 0.25) is 0 Å². The number of hydrogen-bond acceptors (Lipinski definition) is 3. The van der Waals surface area contributed by atoms with Crippen molar-refractivity contribution < 1.29 is 4.74 Å². The Morgan fingerprint density at radius 1 is 1.33 bits per heavy atom. The quantitative estimate of drug-likeness (QED) is 0.715. The molecule has 0 aliphatic rings. The molecule has 0 unspecified atom stereocenters. The Morgan fingerprint density at radius 2 is 2.00 bits per heavy atom. The molecule has 1 aromatic carbocycles. The molecule has 0 amide bonds. The number of hydrogen-bond donors (Lipinski definition) is 0. The molecular formula is C11H16ClNOS. The Hall–Kier alpha value is -0.220. The first kappa shape index (κ1) is 12.8. The van der Waals surface area contributed by atoms with Crippen molar-refractivity contribution in [2.24, 2.45) is 0 Å². The Labute approximate surface area is 101 Å². The van der Waals surface area contributed by atoms with Crippen LogP contribution in [-0.2, 0) is 11.3 Å². The van der Waals surface area contributed by atoms with Crippen LogP contribution in [0.3, 0.4) is 0 Å². The van der Waals surface area contributed by atoms with E-state index >= 15 is 0 Å². The highest BCUT2D eigenvalue weighted by Crippen LogP contribution is 2.14. The molecule has 0 aliphatic carbocycles. The lowest BCUT2D eigenvalue weighted by molar-refractivity contribution is 0.181. The minimum Gasteiger partial charge on any atom is -0.383 e. The molecule has 0 bridgehead atoms. The molecule has 4 heteroatoms. The highest BCUT2D eigenvalue weighted by Gasteiger charge is 2.03. The van der Waals surface area contributed by atoms with Crippen molar-refractivity contribution >= 4 is 23.5 Å². The molecule has 0 saturated carbocycles. The van der Waals surface area contributed by atoms with Gasteiger partial charge in [0.15, 0.2) is 0 Å². The lowest BCUT2D eigenvalue weighted by atomic mass is 10.2. The second-order valence-corrected chi connectivity index (χ2v) is 4.48. The van der Waals surface area contributed by atoms with Crippen molar-refractivity contribution in [3.63, 3.8) is 0 Å². The highest BCUT2D eigenvalue weighted by atomic mass is 35.5. The number of methoxy groups -OCH3 is 1. The fraction of sp³-hybridized carbons (Fsp3) is 0.455. The van der Waals surface area contributed by atoms with Gasteiger partial charge in [-0.2, -0.15) is 0 Å². The fourth-order valence-electron chi connectivity index (χ4n) is 1.22. The van der Waals surface area contributed by atoms with Gasteiger partial charge in [-0.15, -0.1) is 0 Å². The molecule has 1 aromatic rings. The van der Waals surface area contributed by atoms with Crippen LogP contribution in [0.1, 0.15) is 5.56 Å². The van der Waals surface area contributed by atoms with Crippen molar-refractivity contribution in [2.45, 2.75) is 6.54 Å². The standard InChI is InChI=1S/C11H16ClNOS/c1-14-8-7-13(15-2)9-10-3-5-11(12)6-4-10/h3-6H,7-9H2,1-2H3. The van der Waals surface area contributed by atoms with E-state index in [0.717, 1.165) is 24.7 Å². The van der Waals surface area contributed by atoms with Gasteiger partial charge in [-0.1, -0.05) is 35.7 Å². The lowest BCUT2D eigenvalue weighted by Crippen LogP contribution is -2.19. The molecule has 1 rings (SSSR count). The monoisotopic (exact) mass is 245 g/mol. The minimum absolute atomic E-state index is 0.758. The Balaban J connectivity index is 2.47. The average molecular weight is 246 g/mol. The molecule has 0 heterocycles. The number of halogens is 1. The Morgan fingerprint density at radius 3 is 2.53 bits per heavy atom. The summed E-state index contributed by atoms with van der Waals surface area (Å²) in [5, 5.41) is 0.784. The summed E-state index contributed by atoms with van der Waals surface area (Å²) >= 11 is 7.56. The molecule has 0 spiro atoms. The van der Waals surface area contributed by atoms with Crippen LogP contribution in [0.25, 0.3) is 0 Å². The normalized spacial score (nSPS) is 10.9. The van der Waals surface area contributed by atoms with E-state index in [1.54, 1.807) is 19.1 Å². The molecule has 0 radical (unpaired) electrons. The highest BCUT2D eigenvalue weighted by molar-refractivity contribution is 7.96. The molecular weight excluding hydrogens is 230 g/mol. The summed E-state index contributed by atoms with van der Waals surface area (Å²) in [5.41, 5.74) is 1.27. The average Bonchev–Trinajstić information content (AvgIpc) is 2.27. The summed E-state index contributed by atoms with van der Waals surface area (Å²) < 4.78 is 7.31. The van der Waals surface area contributed by atoms with Gasteiger partial charge in [0.25, 0.3) is 0 Å². The van der Waals surface area contributed by atoms with Crippen molar-refractivity contribution in [3.05, 3.63) is 34.9 Å². The summed E-state index contributed by atoms with van der Waals surface area (Å²) in [6, 6.07) is 7.95.